The van der Waals surface area contributed by atoms with Crippen molar-refractivity contribution in [1.29, 1.82) is 0 Å². The van der Waals surface area contributed by atoms with Crippen molar-refractivity contribution in [3.63, 3.8) is 0 Å². The van der Waals surface area contributed by atoms with Gasteiger partial charge in [-0.3, -0.25) is 5.10 Å². The van der Waals surface area contributed by atoms with Crippen LogP contribution in [0.25, 0.3) is 0 Å². The van der Waals surface area contributed by atoms with Crippen LogP contribution < -0.4 is 10.2 Å². The number of H-pyrrole nitrogens is 1. The van der Waals surface area contributed by atoms with Gasteiger partial charge in [0.15, 0.2) is 0 Å². The van der Waals surface area contributed by atoms with Crippen molar-refractivity contribution in [2.45, 2.75) is 19.4 Å². The molecule has 108 valence electrons. The number of nitrogens with one attached hydrogen (secondary N) is 2. The Morgan fingerprint density at radius 2 is 2.45 bits per heavy atom. The number of aromatic nitrogens is 6. The molecule has 1 aliphatic heterocycles. The molecule has 2 aromatic heterocycles. The minimum atomic E-state index is 0.570. The normalized spacial score (nSPS) is 19.4. The monoisotopic (exact) mass is 276 g/mol. The lowest BCUT2D eigenvalue weighted by atomic mass is 9.98. The molecule has 1 atom stereocenters. The number of anilines is 1. The van der Waals surface area contributed by atoms with Crippen LogP contribution in [0.2, 0.25) is 0 Å². The van der Waals surface area contributed by atoms with Gasteiger partial charge in [0, 0.05) is 13.1 Å². The molecule has 0 spiro atoms. The Labute approximate surface area is 117 Å². The lowest BCUT2D eigenvalue weighted by molar-refractivity contribution is 0.399. The highest BCUT2D eigenvalue weighted by molar-refractivity contribution is 5.29. The third kappa shape index (κ3) is 2.96. The summed E-state index contributed by atoms with van der Waals surface area (Å²) in [6.07, 6.45) is 5.66. The SMILES string of the molecule is CNCC1CCCN(c2n[nH]c(Cn3cncn3)n2)C1. The smallest absolute Gasteiger partial charge is 0.244 e. The summed E-state index contributed by atoms with van der Waals surface area (Å²) >= 11 is 0. The molecule has 1 fully saturated rings. The fraction of sp³-hybridized carbons (Fsp3) is 0.667. The molecule has 20 heavy (non-hydrogen) atoms. The summed E-state index contributed by atoms with van der Waals surface area (Å²) in [5, 5.41) is 14.6. The van der Waals surface area contributed by atoms with Gasteiger partial charge in [-0.2, -0.15) is 10.1 Å². The number of piperidine rings is 1. The number of hydrogen-bond donors (Lipinski definition) is 2. The lowest BCUT2D eigenvalue weighted by Gasteiger charge is -2.31. The zero-order chi connectivity index (χ0) is 13.8. The molecule has 8 heteroatoms. The first-order valence-electron chi connectivity index (χ1n) is 6.98. The van der Waals surface area contributed by atoms with Crippen LogP contribution in [0, 0.1) is 5.92 Å². The number of hydrogen-bond acceptors (Lipinski definition) is 6. The van der Waals surface area contributed by atoms with Gasteiger partial charge in [0.25, 0.3) is 0 Å². The fourth-order valence-electron chi connectivity index (χ4n) is 2.67. The van der Waals surface area contributed by atoms with Crippen molar-refractivity contribution in [2.75, 3.05) is 31.6 Å². The third-order valence-corrected chi connectivity index (χ3v) is 3.59. The summed E-state index contributed by atoms with van der Waals surface area (Å²) < 4.78 is 1.73. The first-order chi connectivity index (χ1) is 9.85. The molecular formula is C12H20N8. The molecule has 0 saturated carbocycles. The highest BCUT2D eigenvalue weighted by Crippen LogP contribution is 2.19. The van der Waals surface area contributed by atoms with Crippen molar-refractivity contribution in [1.82, 2.24) is 35.3 Å². The van der Waals surface area contributed by atoms with E-state index in [1.807, 2.05) is 7.05 Å². The minimum absolute atomic E-state index is 0.570. The molecular weight excluding hydrogens is 256 g/mol. The van der Waals surface area contributed by atoms with E-state index in [2.05, 4.69) is 35.5 Å². The Balaban J connectivity index is 1.63. The number of nitrogens with zero attached hydrogens (tertiary/aromatic N) is 6. The average Bonchev–Trinajstić information content (AvgIpc) is 3.12. The van der Waals surface area contributed by atoms with Gasteiger partial charge in [0.1, 0.15) is 25.0 Å². The van der Waals surface area contributed by atoms with Gasteiger partial charge in [-0.15, -0.1) is 5.10 Å². The molecule has 2 N–H and O–H groups in total. The van der Waals surface area contributed by atoms with E-state index in [1.165, 1.54) is 19.2 Å². The van der Waals surface area contributed by atoms with E-state index in [9.17, 15) is 0 Å². The first kappa shape index (κ1) is 13.0. The summed E-state index contributed by atoms with van der Waals surface area (Å²) in [5.41, 5.74) is 0. The van der Waals surface area contributed by atoms with E-state index in [4.69, 9.17) is 0 Å². The molecule has 0 radical (unpaired) electrons. The topological polar surface area (TPSA) is 87.5 Å². The van der Waals surface area contributed by atoms with Gasteiger partial charge in [0.2, 0.25) is 5.95 Å². The molecule has 0 aromatic carbocycles. The summed E-state index contributed by atoms with van der Waals surface area (Å²) in [5.74, 6) is 2.27. The van der Waals surface area contributed by atoms with Gasteiger partial charge in [-0.05, 0) is 32.4 Å². The van der Waals surface area contributed by atoms with Crippen LogP contribution >= 0.6 is 0 Å². The molecule has 2 aromatic rings. The Bertz CT molecular complexity index is 517. The van der Waals surface area contributed by atoms with E-state index in [0.29, 0.717) is 12.5 Å². The summed E-state index contributed by atoms with van der Waals surface area (Å²) in [6.45, 7) is 3.66. The molecule has 0 bridgehead atoms. The maximum atomic E-state index is 4.55. The fourth-order valence-corrected chi connectivity index (χ4v) is 2.67. The average molecular weight is 276 g/mol. The second kappa shape index (κ2) is 6.00. The molecule has 1 saturated heterocycles. The number of rotatable bonds is 5. The summed E-state index contributed by atoms with van der Waals surface area (Å²) in [6, 6.07) is 0. The highest BCUT2D eigenvalue weighted by Gasteiger charge is 2.22. The van der Waals surface area contributed by atoms with Crippen LogP contribution in [0.5, 0.6) is 0 Å². The van der Waals surface area contributed by atoms with Crippen molar-refractivity contribution < 1.29 is 0 Å². The molecule has 3 heterocycles. The van der Waals surface area contributed by atoms with Crippen molar-refractivity contribution in [3.05, 3.63) is 18.5 Å². The lowest BCUT2D eigenvalue weighted by Crippen LogP contribution is -2.39. The van der Waals surface area contributed by atoms with Crippen LogP contribution in [0.1, 0.15) is 18.7 Å². The summed E-state index contributed by atoms with van der Waals surface area (Å²) in [4.78, 5) is 10.7. The molecule has 3 rings (SSSR count). The Morgan fingerprint density at radius 1 is 1.50 bits per heavy atom. The minimum Gasteiger partial charge on any atom is -0.339 e. The van der Waals surface area contributed by atoms with Gasteiger partial charge < -0.3 is 10.2 Å². The van der Waals surface area contributed by atoms with Gasteiger partial charge in [-0.1, -0.05) is 0 Å². The standard InChI is InChI=1S/C12H20N8/c1-13-5-10-3-2-4-19(6-10)12-16-11(17-18-12)7-20-9-14-8-15-20/h8-10,13H,2-7H2,1H3,(H,16,17,18). The molecule has 1 aliphatic rings. The van der Waals surface area contributed by atoms with Crippen LogP contribution in [-0.2, 0) is 6.54 Å². The van der Waals surface area contributed by atoms with Gasteiger partial charge in [0.05, 0.1) is 0 Å². The van der Waals surface area contributed by atoms with Crippen molar-refractivity contribution in [3.8, 4) is 0 Å². The van der Waals surface area contributed by atoms with E-state index >= 15 is 0 Å². The predicted octanol–water partition coefficient (Wildman–Crippen LogP) is -0.120. The largest absolute Gasteiger partial charge is 0.339 e. The Kier molecular flexibility index (Phi) is 3.91. The van der Waals surface area contributed by atoms with Gasteiger partial charge >= 0.3 is 0 Å². The van der Waals surface area contributed by atoms with Crippen LogP contribution in [0.15, 0.2) is 12.7 Å². The molecule has 1 unspecified atom stereocenters. The van der Waals surface area contributed by atoms with Crippen molar-refractivity contribution in [2.24, 2.45) is 5.92 Å². The maximum absolute atomic E-state index is 4.55. The first-order valence-corrected chi connectivity index (χ1v) is 6.98. The van der Waals surface area contributed by atoms with Crippen LogP contribution in [0.4, 0.5) is 5.95 Å². The third-order valence-electron chi connectivity index (χ3n) is 3.59. The maximum Gasteiger partial charge on any atom is 0.244 e. The number of aromatic amines is 1. The zero-order valence-corrected chi connectivity index (χ0v) is 11.7. The van der Waals surface area contributed by atoms with Crippen LogP contribution in [-0.4, -0.2) is 56.6 Å². The quantitative estimate of drug-likeness (QED) is 0.791. The van der Waals surface area contributed by atoms with E-state index in [-0.39, 0.29) is 0 Å². The Morgan fingerprint density at radius 3 is 3.25 bits per heavy atom. The predicted molar refractivity (Wildman–Crippen MR) is 74.4 cm³/mol. The molecule has 8 nitrogen and oxygen atoms in total. The second-order valence-corrected chi connectivity index (χ2v) is 5.19. The second-order valence-electron chi connectivity index (χ2n) is 5.19. The highest BCUT2D eigenvalue weighted by atomic mass is 15.4. The molecule has 0 aliphatic carbocycles. The zero-order valence-electron chi connectivity index (χ0n) is 11.7. The van der Waals surface area contributed by atoms with E-state index in [0.717, 1.165) is 31.4 Å². The van der Waals surface area contributed by atoms with Gasteiger partial charge in [-0.25, -0.2) is 9.67 Å². The molecule has 0 amide bonds. The van der Waals surface area contributed by atoms with E-state index < -0.39 is 0 Å². The Hall–Kier alpha value is -1.96. The summed E-state index contributed by atoms with van der Waals surface area (Å²) in [7, 11) is 2.00. The van der Waals surface area contributed by atoms with Crippen LogP contribution in [0.3, 0.4) is 0 Å². The van der Waals surface area contributed by atoms with E-state index in [1.54, 1.807) is 11.0 Å². The van der Waals surface area contributed by atoms with Crippen molar-refractivity contribution >= 4 is 5.95 Å².